The molecule has 3 heterocycles. The van der Waals surface area contributed by atoms with Crippen LogP contribution in [0.1, 0.15) is 39.4 Å². The minimum Gasteiger partial charge on any atom is -0.436 e. The first-order valence-electron chi connectivity index (χ1n) is 12.5. The largest absolute Gasteiger partial charge is 0.436 e. The van der Waals surface area contributed by atoms with Crippen LogP contribution in [0.25, 0.3) is 22.2 Å². The highest BCUT2D eigenvalue weighted by atomic mass is 35.5. The van der Waals surface area contributed by atoms with Crippen LogP contribution in [0.2, 0.25) is 5.15 Å². The number of halogens is 1. The molecule has 4 rings (SSSR count). The molecule has 0 aliphatic rings. The molecule has 0 spiro atoms. The van der Waals surface area contributed by atoms with Gasteiger partial charge in [-0.3, -0.25) is 14.1 Å². The second-order valence-corrected chi connectivity index (χ2v) is 12.6. The number of alkyl carbamates (subject to hydrolysis) is 1. The lowest BCUT2D eigenvalue weighted by Crippen LogP contribution is -2.45. The van der Waals surface area contributed by atoms with E-state index in [4.69, 9.17) is 16.3 Å². The van der Waals surface area contributed by atoms with Gasteiger partial charge in [-0.2, -0.15) is 0 Å². The molecular formula is C28H30ClN5O5S. The molecular weight excluding hydrogens is 554 g/mol. The van der Waals surface area contributed by atoms with Gasteiger partial charge in [-0.1, -0.05) is 43.6 Å². The first kappa shape index (κ1) is 29.0. The molecule has 12 heteroatoms. The third-order valence-corrected chi connectivity index (χ3v) is 7.48. The molecule has 0 fully saturated rings. The predicted octanol–water partition coefficient (Wildman–Crippen LogP) is 5.74. The molecule has 1 aromatic carbocycles. The van der Waals surface area contributed by atoms with Gasteiger partial charge in [-0.15, -0.1) is 0 Å². The average Bonchev–Trinajstić information content (AvgIpc) is 3.31. The summed E-state index contributed by atoms with van der Waals surface area (Å²) in [4.78, 5) is 34.4. The fourth-order valence-electron chi connectivity index (χ4n) is 3.90. The number of carbonyl (C=O) groups excluding carboxylic acids is 2. The summed E-state index contributed by atoms with van der Waals surface area (Å²) in [5.74, 6) is -0.715. The molecule has 1 amide bonds. The maximum Gasteiger partial charge on any atom is 0.408 e. The molecule has 3 aromatic heterocycles. The predicted molar refractivity (Wildman–Crippen MR) is 154 cm³/mol. The Kier molecular flexibility index (Phi) is 8.18. The fourth-order valence-corrected chi connectivity index (χ4v) is 5.19. The van der Waals surface area contributed by atoms with Crippen LogP contribution in [0.15, 0.2) is 72.0 Å². The molecule has 2 N–H and O–H groups in total. The van der Waals surface area contributed by atoms with Gasteiger partial charge in [0.05, 0.1) is 10.6 Å². The van der Waals surface area contributed by atoms with E-state index in [0.29, 0.717) is 22.2 Å². The second-order valence-electron chi connectivity index (χ2n) is 10.6. The quantitative estimate of drug-likeness (QED) is 0.265. The van der Waals surface area contributed by atoms with Crippen LogP contribution in [0.4, 0.5) is 10.5 Å². The van der Waals surface area contributed by atoms with Gasteiger partial charge in [0.2, 0.25) is 0 Å². The maximum atomic E-state index is 13.4. The molecule has 0 saturated heterocycles. The Morgan fingerprint density at radius 3 is 2.30 bits per heavy atom. The van der Waals surface area contributed by atoms with Gasteiger partial charge >= 0.3 is 6.09 Å². The summed E-state index contributed by atoms with van der Waals surface area (Å²) in [6, 6.07) is 13.0. The minimum atomic E-state index is -3.88. The molecule has 40 heavy (non-hydrogen) atoms. The van der Waals surface area contributed by atoms with Crippen molar-refractivity contribution in [2.75, 3.05) is 4.72 Å². The van der Waals surface area contributed by atoms with Crippen molar-refractivity contribution in [1.29, 1.82) is 0 Å². The Bertz CT molecular complexity index is 1660. The monoisotopic (exact) mass is 583 g/mol. The van der Waals surface area contributed by atoms with Crippen molar-refractivity contribution in [3.63, 3.8) is 0 Å². The number of nitrogens with zero attached hydrogens (tertiary/aromatic N) is 3. The Morgan fingerprint density at radius 2 is 1.65 bits per heavy atom. The van der Waals surface area contributed by atoms with E-state index in [1.165, 1.54) is 22.9 Å². The number of rotatable bonds is 7. The van der Waals surface area contributed by atoms with Crippen molar-refractivity contribution in [3.05, 3.63) is 72.3 Å². The third-order valence-electron chi connectivity index (χ3n) is 5.79. The van der Waals surface area contributed by atoms with Crippen molar-refractivity contribution in [2.24, 2.45) is 5.92 Å². The van der Waals surface area contributed by atoms with E-state index in [1.54, 1.807) is 62.6 Å². The van der Waals surface area contributed by atoms with Crippen molar-refractivity contribution >= 4 is 50.3 Å². The van der Waals surface area contributed by atoms with Gasteiger partial charge < -0.3 is 10.1 Å². The van der Waals surface area contributed by atoms with Crippen molar-refractivity contribution in [1.82, 2.24) is 19.9 Å². The number of fused-ring (bicyclic) bond motifs is 1. The fraction of sp³-hybridized carbons (Fsp3) is 0.286. The van der Waals surface area contributed by atoms with E-state index >= 15 is 0 Å². The molecule has 1 atom stereocenters. The first-order valence-corrected chi connectivity index (χ1v) is 14.4. The molecule has 210 valence electrons. The number of ether oxygens (including phenoxy) is 1. The number of benzene rings is 1. The first-order chi connectivity index (χ1) is 18.7. The zero-order valence-corrected chi connectivity index (χ0v) is 24.2. The van der Waals surface area contributed by atoms with Crippen LogP contribution in [-0.2, 0) is 14.8 Å². The Labute approximate surface area is 237 Å². The lowest BCUT2D eigenvalue weighted by atomic mass is 10.1. The van der Waals surface area contributed by atoms with E-state index in [-0.39, 0.29) is 21.7 Å². The normalized spacial score (nSPS) is 12.8. The number of pyridine rings is 2. The number of amides is 1. The van der Waals surface area contributed by atoms with Crippen LogP contribution in [0, 0.1) is 5.92 Å². The highest BCUT2D eigenvalue weighted by molar-refractivity contribution is 7.92. The van der Waals surface area contributed by atoms with Crippen LogP contribution < -0.4 is 10.0 Å². The van der Waals surface area contributed by atoms with Gasteiger partial charge in [0.1, 0.15) is 5.65 Å². The highest BCUT2D eigenvalue weighted by Gasteiger charge is 2.30. The van der Waals surface area contributed by atoms with Gasteiger partial charge in [0.25, 0.3) is 15.9 Å². The summed E-state index contributed by atoms with van der Waals surface area (Å²) in [6.45, 7) is 9.04. The second kappa shape index (κ2) is 11.3. The number of anilines is 1. The maximum absolute atomic E-state index is 13.4. The molecule has 4 aromatic rings. The minimum absolute atomic E-state index is 0.00994. The summed E-state index contributed by atoms with van der Waals surface area (Å²) >= 11 is 6.20. The van der Waals surface area contributed by atoms with Gasteiger partial charge in [-0.25, -0.2) is 23.2 Å². The summed E-state index contributed by atoms with van der Waals surface area (Å²) in [5.41, 5.74) is 1.17. The Morgan fingerprint density at radius 1 is 1.00 bits per heavy atom. The van der Waals surface area contributed by atoms with Crippen molar-refractivity contribution in [2.45, 2.75) is 51.2 Å². The zero-order chi connectivity index (χ0) is 29.2. The number of hydrogen-bond acceptors (Lipinski definition) is 7. The molecule has 0 bridgehead atoms. The number of sulfonamides is 1. The van der Waals surface area contributed by atoms with E-state index < -0.39 is 33.7 Å². The standard InChI is InChI=1S/C28H30ClN5O5S/c1-17(2)23(39-27(36)32-28(3,4)5)26(35)34-12-11-18-13-19(16-31-25(18)34)20-14-22(24(29)30-15-20)33-40(37,38)21-9-7-6-8-10-21/h6-17,23,33H,1-5H3,(H,32,36)/t23-/m0/s1. The molecule has 0 aliphatic heterocycles. The van der Waals surface area contributed by atoms with Crippen LogP contribution in [0.3, 0.4) is 0 Å². The third kappa shape index (κ3) is 6.60. The summed E-state index contributed by atoms with van der Waals surface area (Å²) < 4.78 is 34.9. The van der Waals surface area contributed by atoms with Crippen LogP contribution >= 0.6 is 11.6 Å². The highest BCUT2D eigenvalue weighted by Crippen LogP contribution is 2.30. The molecule has 0 unspecified atom stereocenters. The van der Waals surface area contributed by atoms with Crippen LogP contribution in [-0.4, -0.2) is 46.6 Å². The molecule has 0 radical (unpaired) electrons. The van der Waals surface area contributed by atoms with E-state index in [9.17, 15) is 18.0 Å². The summed E-state index contributed by atoms with van der Waals surface area (Å²) in [7, 11) is -3.88. The van der Waals surface area contributed by atoms with Crippen molar-refractivity contribution in [3.8, 4) is 11.1 Å². The Hall–Kier alpha value is -3.96. The number of aromatic nitrogens is 3. The van der Waals surface area contributed by atoms with Crippen molar-refractivity contribution < 1.29 is 22.7 Å². The SMILES string of the molecule is CC(C)[C@H](OC(=O)NC(C)(C)C)C(=O)n1ccc2cc(-c3cnc(Cl)c(NS(=O)(=O)c4ccccc4)c3)cnc21. The lowest BCUT2D eigenvalue weighted by Gasteiger charge is -2.25. The zero-order valence-electron chi connectivity index (χ0n) is 22.7. The van der Waals surface area contributed by atoms with E-state index in [0.717, 1.165) is 0 Å². The summed E-state index contributed by atoms with van der Waals surface area (Å²) in [5, 5.41) is 3.34. The average molecular weight is 584 g/mol. The molecule has 0 aliphatic carbocycles. The van der Waals surface area contributed by atoms with Gasteiger partial charge in [0.15, 0.2) is 11.3 Å². The van der Waals surface area contributed by atoms with Crippen LogP contribution in [0.5, 0.6) is 0 Å². The number of nitrogens with one attached hydrogen (secondary N) is 2. The lowest BCUT2D eigenvalue weighted by molar-refractivity contribution is 0.0411. The molecule has 10 nitrogen and oxygen atoms in total. The molecule has 0 saturated carbocycles. The van der Waals surface area contributed by atoms with E-state index in [2.05, 4.69) is 20.0 Å². The topological polar surface area (TPSA) is 132 Å². The summed E-state index contributed by atoms with van der Waals surface area (Å²) in [6.07, 6.45) is 2.91. The van der Waals surface area contributed by atoms with E-state index in [1.807, 2.05) is 20.8 Å². The number of hydrogen-bond donors (Lipinski definition) is 2. The Balaban J connectivity index is 1.61. The smallest absolute Gasteiger partial charge is 0.408 e. The van der Waals surface area contributed by atoms with Gasteiger partial charge in [0, 0.05) is 40.6 Å². The number of carbonyl (C=O) groups is 2. The van der Waals surface area contributed by atoms with Gasteiger partial charge in [-0.05, 0) is 57.0 Å².